The monoisotopic (exact) mass is 424 g/mol. The van der Waals surface area contributed by atoms with E-state index < -0.39 is 0 Å². The van der Waals surface area contributed by atoms with Gasteiger partial charge in [0.25, 0.3) is 0 Å². The summed E-state index contributed by atoms with van der Waals surface area (Å²) in [6.07, 6.45) is 5.67. The van der Waals surface area contributed by atoms with E-state index in [1.165, 1.54) is 6.08 Å². The summed E-state index contributed by atoms with van der Waals surface area (Å²) in [7, 11) is 0. The predicted molar refractivity (Wildman–Crippen MR) is 66.6 cm³/mol. The molecule has 10 heteroatoms. The third-order valence-electron chi connectivity index (χ3n) is 0.439. The Morgan fingerprint density at radius 3 is 1.00 bits per heavy atom. The fraction of sp³-hybridized carbons (Fsp3) is 0.308. The fourth-order valence-corrected chi connectivity index (χ4v) is 0.0680. The van der Waals surface area contributed by atoms with Crippen molar-refractivity contribution in [3.8, 4) is 0 Å². The van der Waals surface area contributed by atoms with Crippen LogP contribution in [0.1, 0.15) is 20.3 Å². The van der Waals surface area contributed by atoms with E-state index in [4.69, 9.17) is 27.9 Å². The average Bonchev–Trinajstić information content (AvgIpc) is 2.66. The number of rotatable bonds is 2. The smallest absolute Gasteiger partial charge is 0 e. The van der Waals surface area contributed by atoms with E-state index in [-0.39, 0.29) is 34.1 Å². The zero-order chi connectivity index (χ0) is 19.5. The Morgan fingerprint density at radius 2 is 1.00 bits per heavy atom. The van der Waals surface area contributed by atoms with Crippen LogP contribution in [-0.4, -0.2) is 12.0 Å². The summed E-state index contributed by atoms with van der Waals surface area (Å²) in [5, 5.41) is 0. The Balaban J connectivity index is -0.0000000108. The molecule has 0 aromatic rings. The zero-order valence-electron chi connectivity index (χ0n) is 12.0. The molecule has 0 N–H and O–H groups in total. The minimum atomic E-state index is 0. The molecule has 0 radical (unpaired) electrons. The standard InChI is InChI=1S/C4H5O.C3H8S.6CO.2Fe/c1-2-3-4-5;1-2-3-4;6*1-2;;/h2-3H,1H3;4H,2-3H2,1H3;;;;;;;;/q-1;;;;;;;;;/p-1/b3-2+;;;;;;;;;. The summed E-state index contributed by atoms with van der Waals surface area (Å²) in [5.41, 5.74) is 0. The number of carbonyl (C=O) groups excluding carboxylic acids is 1. The van der Waals surface area contributed by atoms with Crippen LogP contribution in [0.25, 0.3) is 0 Å². The molecule has 0 saturated carbocycles. The van der Waals surface area contributed by atoms with Gasteiger partial charge in [-0.1, -0.05) is 13.3 Å². The van der Waals surface area contributed by atoms with Crippen molar-refractivity contribution in [2.24, 2.45) is 0 Å². The summed E-state index contributed by atoms with van der Waals surface area (Å²) in [5.74, 6) is 0.903. The number of hydrogen-bond donors (Lipinski definition) is 0. The van der Waals surface area contributed by atoms with Crippen molar-refractivity contribution in [3.63, 3.8) is 0 Å². The summed E-state index contributed by atoms with van der Waals surface area (Å²) >= 11 is 4.55. The first kappa shape index (κ1) is 67.0. The van der Waals surface area contributed by atoms with Crippen molar-refractivity contribution in [1.82, 2.24) is 0 Å². The van der Waals surface area contributed by atoms with Gasteiger partial charge < -0.3 is 17.4 Å². The summed E-state index contributed by atoms with van der Waals surface area (Å²) in [4.78, 5) is 9.19. The molecule has 0 rings (SSSR count). The Bertz CT molecular complexity index is 220. The van der Waals surface area contributed by atoms with Gasteiger partial charge in [0, 0.05) is 34.1 Å². The van der Waals surface area contributed by atoms with E-state index in [1.807, 2.05) is 0 Å². The van der Waals surface area contributed by atoms with Gasteiger partial charge in [0.1, 0.15) is 0 Å². The summed E-state index contributed by atoms with van der Waals surface area (Å²) in [6, 6.07) is 0. The van der Waals surface area contributed by atoms with Gasteiger partial charge in [-0.15, -0.1) is 6.92 Å². The van der Waals surface area contributed by atoms with Gasteiger partial charge in [-0.05, 0) is 6.29 Å². The molecule has 0 unspecified atom stereocenters. The molecule has 0 bridgehead atoms. The van der Waals surface area contributed by atoms with Gasteiger partial charge in [0.05, 0.1) is 0 Å². The van der Waals surface area contributed by atoms with Gasteiger partial charge in [0.15, 0.2) is 0 Å². The van der Waals surface area contributed by atoms with Crippen LogP contribution in [0, 0.1) is 39.9 Å². The normalized spacial score (nSPS) is 3.78. The van der Waals surface area contributed by atoms with Crippen LogP contribution in [0.5, 0.6) is 0 Å². The van der Waals surface area contributed by atoms with Crippen LogP contribution in [0.4, 0.5) is 0 Å². The Morgan fingerprint density at radius 1 is 0.826 bits per heavy atom. The van der Waals surface area contributed by atoms with Crippen LogP contribution >= 0.6 is 0 Å². The van der Waals surface area contributed by atoms with Gasteiger partial charge in [-0.2, -0.15) is 11.8 Å². The third-order valence-corrected chi connectivity index (χ3v) is 0.847. The summed E-state index contributed by atoms with van der Waals surface area (Å²) < 4.78 is 45.0. The van der Waals surface area contributed by atoms with Gasteiger partial charge in [-0.3, -0.25) is 0 Å². The second-order valence-corrected chi connectivity index (χ2v) is 1.73. The molecule has 130 valence electrons. The molecule has 0 amide bonds. The van der Waals surface area contributed by atoms with Crippen LogP contribution in [-0.2, 0) is 79.5 Å². The molecular formula is C13H12Fe2O7S-2. The maximum absolute atomic E-state index is 9.19. The van der Waals surface area contributed by atoms with Gasteiger partial charge in [-0.25, -0.2) is 6.08 Å². The second kappa shape index (κ2) is 484. The molecule has 0 aromatic carbocycles. The largest absolute Gasteiger partial charge is 0 e. The minimum Gasteiger partial charge on any atom is 0 e. The van der Waals surface area contributed by atoms with E-state index in [0.29, 0.717) is 0 Å². The maximum atomic E-state index is 9.19. The molecule has 0 heterocycles. The number of allylic oxidation sites excluding steroid dienone is 2. The molecule has 23 heavy (non-hydrogen) atoms. The van der Waals surface area contributed by atoms with Crippen LogP contribution in [0.3, 0.4) is 0 Å². The SMILES string of the molecule is C/C=C/[C-]=O.CCC[S-].[C-]#[O+].[C-]#[O+].[C-]#[O+].[C-]#[O+].[C-]#[O+].[C-]#[O+].[Fe].[Fe]. The average molecular weight is 424 g/mol. The Hall–Kier alpha value is -0.761. The molecule has 0 aliphatic heterocycles. The second-order valence-electron chi connectivity index (χ2n) is 1.32. The third kappa shape index (κ3) is 1570. The van der Waals surface area contributed by atoms with E-state index >= 15 is 0 Å². The molecule has 0 aliphatic rings. The van der Waals surface area contributed by atoms with Crippen LogP contribution < -0.4 is 0 Å². The van der Waals surface area contributed by atoms with Gasteiger partial charge in [0.2, 0.25) is 0 Å². The minimum absolute atomic E-state index is 0. The van der Waals surface area contributed by atoms with Crippen molar-refractivity contribution < 1.29 is 66.8 Å². The molecule has 0 aromatic heterocycles. The quantitative estimate of drug-likeness (QED) is 0.218. The molecule has 0 aliphatic carbocycles. The van der Waals surface area contributed by atoms with E-state index in [2.05, 4.69) is 59.5 Å². The molecule has 0 saturated heterocycles. The number of hydrogen-bond acceptors (Lipinski definition) is 2. The fourth-order valence-electron chi connectivity index (χ4n) is 0.0680. The Kier molecular flexibility index (Phi) is 1410. The van der Waals surface area contributed by atoms with Crippen LogP contribution in [0.15, 0.2) is 12.2 Å². The zero-order valence-corrected chi connectivity index (χ0v) is 15.1. The van der Waals surface area contributed by atoms with Crippen LogP contribution in [0.2, 0.25) is 0 Å². The van der Waals surface area contributed by atoms with E-state index in [9.17, 15) is 4.79 Å². The molecular weight excluding hydrogens is 412 g/mol. The Labute approximate surface area is 163 Å². The first-order chi connectivity index (χ1) is 10.3. The maximum Gasteiger partial charge on any atom is 0 e. The summed E-state index contributed by atoms with van der Waals surface area (Å²) in [6.45, 7) is 30.8. The topological polar surface area (TPSA) is 136 Å². The van der Waals surface area contributed by atoms with Crippen molar-refractivity contribution in [1.29, 1.82) is 0 Å². The first-order valence-corrected chi connectivity index (χ1v) is 4.70. The van der Waals surface area contributed by atoms with Gasteiger partial charge >= 0.3 is 67.8 Å². The van der Waals surface area contributed by atoms with E-state index in [1.54, 1.807) is 19.3 Å². The molecule has 0 atom stereocenters. The molecule has 0 fully saturated rings. The van der Waals surface area contributed by atoms with Crippen molar-refractivity contribution in [3.05, 3.63) is 52.1 Å². The first-order valence-electron chi connectivity index (χ1n) is 4.12. The van der Waals surface area contributed by atoms with Crippen molar-refractivity contribution >= 4 is 18.9 Å². The van der Waals surface area contributed by atoms with Crippen molar-refractivity contribution in [2.75, 3.05) is 5.75 Å². The predicted octanol–water partition coefficient (Wildman–Crippen LogP) is 1.39. The molecule has 0 spiro atoms. The van der Waals surface area contributed by atoms with E-state index in [0.717, 1.165) is 12.2 Å². The molecule has 7 nitrogen and oxygen atoms in total. The van der Waals surface area contributed by atoms with Crippen molar-refractivity contribution in [2.45, 2.75) is 20.3 Å².